The lowest BCUT2D eigenvalue weighted by Crippen LogP contribution is -2.50. The van der Waals surface area contributed by atoms with Gasteiger partial charge in [-0.25, -0.2) is 0 Å². The number of unbranched alkanes of at least 4 members (excludes halogenated alkanes) is 2. The van der Waals surface area contributed by atoms with Crippen molar-refractivity contribution in [3.05, 3.63) is 59.7 Å². The van der Waals surface area contributed by atoms with E-state index in [9.17, 15) is 4.79 Å². The summed E-state index contributed by atoms with van der Waals surface area (Å²) < 4.78 is 6.12. The maximum atomic E-state index is 13.5. The third-order valence-corrected chi connectivity index (χ3v) is 7.05. The first-order valence-electron chi connectivity index (χ1n) is 12.3. The van der Waals surface area contributed by atoms with Crippen molar-refractivity contribution in [1.29, 1.82) is 0 Å². The number of oxime groups is 1. The van der Waals surface area contributed by atoms with E-state index in [2.05, 4.69) is 24.3 Å². The van der Waals surface area contributed by atoms with Gasteiger partial charge in [0.15, 0.2) is 5.84 Å². The summed E-state index contributed by atoms with van der Waals surface area (Å²) in [6.45, 7) is 5.27. The van der Waals surface area contributed by atoms with Crippen LogP contribution in [0.4, 0.5) is 5.69 Å². The maximum Gasteiger partial charge on any atom is 0.272 e. The van der Waals surface area contributed by atoms with Gasteiger partial charge in [0.1, 0.15) is 5.75 Å². The molecular weight excluding hydrogens is 428 g/mol. The number of nitrogens with two attached hydrogens (primary N) is 1. The predicted octanol–water partition coefficient (Wildman–Crippen LogP) is 4.73. The fourth-order valence-electron chi connectivity index (χ4n) is 5.27. The average molecular weight is 465 g/mol. The van der Waals surface area contributed by atoms with Gasteiger partial charge in [-0.05, 0) is 57.7 Å². The molecular formula is C27H36N4O3. The Hall–Kier alpha value is -3.06. The third kappa shape index (κ3) is 5.36. The largest absolute Gasteiger partial charge is 0.474 e. The highest BCUT2D eigenvalue weighted by Gasteiger charge is 2.35. The van der Waals surface area contributed by atoms with E-state index in [4.69, 9.17) is 15.7 Å². The Morgan fingerprint density at radius 1 is 1.24 bits per heavy atom. The lowest BCUT2D eigenvalue weighted by Gasteiger charge is -2.39. The first kappa shape index (κ1) is 24.1. The minimum Gasteiger partial charge on any atom is -0.474 e. The van der Waals surface area contributed by atoms with E-state index in [-0.39, 0.29) is 17.3 Å². The molecule has 2 aromatic carbocycles. The molecule has 4 N–H and O–H groups in total. The van der Waals surface area contributed by atoms with Crippen molar-refractivity contribution < 1.29 is 14.7 Å². The lowest BCUT2D eigenvalue weighted by atomic mass is 9.84. The lowest BCUT2D eigenvalue weighted by molar-refractivity contribution is -0.126. The molecule has 1 saturated heterocycles. The van der Waals surface area contributed by atoms with Gasteiger partial charge in [-0.1, -0.05) is 54.8 Å². The average Bonchev–Trinajstić information content (AvgIpc) is 2.84. The molecule has 1 amide bonds. The third-order valence-electron chi connectivity index (χ3n) is 7.05. The Morgan fingerprint density at radius 2 is 2.06 bits per heavy atom. The molecule has 34 heavy (non-hydrogen) atoms. The van der Waals surface area contributed by atoms with Gasteiger partial charge in [0.05, 0.1) is 5.69 Å². The SMILES string of the molecule is C[C@H]1CCC[C@@](C)(CCCCCN2C(=O)C(c3cccc(C(N)=NO)c3)Oc3ccccc32)N1. The topological polar surface area (TPSA) is 100 Å². The first-order chi connectivity index (χ1) is 16.4. The number of para-hydroxylation sites is 2. The zero-order chi connectivity index (χ0) is 24.1. The number of hydrogen-bond acceptors (Lipinski definition) is 5. The van der Waals surface area contributed by atoms with Crippen LogP contribution in [0.25, 0.3) is 0 Å². The Morgan fingerprint density at radius 3 is 2.85 bits per heavy atom. The molecule has 182 valence electrons. The minimum atomic E-state index is -0.770. The van der Waals surface area contributed by atoms with Crippen LogP contribution in [0, 0.1) is 0 Å². The first-order valence-corrected chi connectivity index (χ1v) is 12.3. The summed E-state index contributed by atoms with van der Waals surface area (Å²) in [6.07, 6.45) is 7.33. The number of nitrogens with one attached hydrogen (secondary N) is 1. The van der Waals surface area contributed by atoms with E-state index < -0.39 is 6.10 Å². The van der Waals surface area contributed by atoms with Gasteiger partial charge >= 0.3 is 0 Å². The van der Waals surface area contributed by atoms with Gasteiger partial charge in [-0.3, -0.25) is 4.79 Å². The normalized spacial score (nSPS) is 25.1. The predicted molar refractivity (Wildman–Crippen MR) is 134 cm³/mol. The maximum absolute atomic E-state index is 13.5. The monoisotopic (exact) mass is 464 g/mol. The molecule has 2 aromatic rings. The number of amides is 1. The van der Waals surface area contributed by atoms with Crippen molar-refractivity contribution in [2.75, 3.05) is 11.4 Å². The zero-order valence-electron chi connectivity index (χ0n) is 20.2. The molecule has 0 aliphatic carbocycles. The van der Waals surface area contributed by atoms with Crippen molar-refractivity contribution in [1.82, 2.24) is 5.32 Å². The summed E-state index contributed by atoms with van der Waals surface area (Å²) in [5.41, 5.74) is 8.02. The second-order valence-corrected chi connectivity index (χ2v) is 9.88. The molecule has 1 fully saturated rings. The smallest absolute Gasteiger partial charge is 0.272 e. The summed E-state index contributed by atoms with van der Waals surface area (Å²) in [4.78, 5) is 15.4. The van der Waals surface area contributed by atoms with E-state index >= 15 is 0 Å². The summed E-state index contributed by atoms with van der Waals surface area (Å²) >= 11 is 0. The highest BCUT2D eigenvalue weighted by atomic mass is 16.5. The van der Waals surface area contributed by atoms with Crippen LogP contribution in [-0.2, 0) is 4.79 Å². The number of benzene rings is 2. The van der Waals surface area contributed by atoms with Gasteiger partial charge in [-0.15, -0.1) is 0 Å². The molecule has 0 saturated carbocycles. The number of carbonyl (C=O) groups excluding carboxylic acids is 1. The van der Waals surface area contributed by atoms with E-state index in [1.807, 2.05) is 35.2 Å². The molecule has 7 heteroatoms. The Kier molecular flexibility index (Phi) is 7.41. The number of piperidine rings is 1. The number of nitrogens with zero attached hydrogens (tertiary/aromatic N) is 2. The number of hydrogen-bond donors (Lipinski definition) is 3. The number of fused-ring (bicyclic) bond motifs is 1. The van der Waals surface area contributed by atoms with Crippen LogP contribution >= 0.6 is 0 Å². The molecule has 0 radical (unpaired) electrons. The van der Waals surface area contributed by atoms with Gasteiger partial charge in [-0.2, -0.15) is 0 Å². The van der Waals surface area contributed by atoms with Crippen molar-refractivity contribution in [2.45, 2.75) is 76.5 Å². The Balaban J connectivity index is 1.43. The van der Waals surface area contributed by atoms with E-state index in [0.717, 1.165) is 31.4 Å². The van der Waals surface area contributed by atoms with Gasteiger partial charge in [0.25, 0.3) is 5.91 Å². The van der Waals surface area contributed by atoms with Crippen LogP contribution < -0.4 is 20.7 Å². The highest BCUT2D eigenvalue weighted by Crippen LogP contribution is 2.39. The summed E-state index contributed by atoms with van der Waals surface area (Å²) in [7, 11) is 0. The second-order valence-electron chi connectivity index (χ2n) is 9.88. The van der Waals surface area contributed by atoms with Crippen LogP contribution in [0.15, 0.2) is 53.7 Å². The van der Waals surface area contributed by atoms with Crippen molar-refractivity contribution in [3.63, 3.8) is 0 Å². The molecule has 3 atom stereocenters. The number of amidine groups is 1. The fourth-order valence-corrected chi connectivity index (χ4v) is 5.27. The Bertz CT molecular complexity index is 1040. The Labute approximate surface area is 202 Å². The van der Waals surface area contributed by atoms with Gasteiger partial charge < -0.3 is 25.9 Å². The van der Waals surface area contributed by atoms with Gasteiger partial charge in [0.2, 0.25) is 6.10 Å². The highest BCUT2D eigenvalue weighted by molar-refractivity contribution is 6.01. The molecule has 4 rings (SSSR count). The van der Waals surface area contributed by atoms with E-state index in [0.29, 0.717) is 29.5 Å². The molecule has 1 unspecified atom stereocenters. The van der Waals surface area contributed by atoms with Gasteiger partial charge in [0, 0.05) is 29.3 Å². The summed E-state index contributed by atoms with van der Waals surface area (Å²) in [5.74, 6) is 0.595. The summed E-state index contributed by atoms with van der Waals surface area (Å²) in [5, 5.41) is 15.9. The number of anilines is 1. The molecule has 2 aliphatic heterocycles. The van der Waals surface area contributed by atoms with Crippen LogP contribution in [0.1, 0.15) is 76.0 Å². The van der Waals surface area contributed by atoms with Crippen molar-refractivity contribution in [2.24, 2.45) is 10.9 Å². The van der Waals surface area contributed by atoms with Crippen LogP contribution in [0.3, 0.4) is 0 Å². The summed E-state index contributed by atoms with van der Waals surface area (Å²) in [6, 6.07) is 15.4. The van der Waals surface area contributed by atoms with E-state index in [1.165, 1.54) is 19.3 Å². The molecule has 0 bridgehead atoms. The van der Waals surface area contributed by atoms with Crippen molar-refractivity contribution >= 4 is 17.4 Å². The standard InChI is InChI=1S/C27H36N4O3/c1-19-10-9-16-27(2,29-19)15-6-3-7-17-31-22-13-4-5-14-23(22)34-24(26(31)32)20-11-8-12-21(18-20)25(28)30-33/h4-5,8,11-14,18-19,24,29,33H,3,6-7,9-10,15-17H2,1-2H3,(H2,28,30)/t19-,24?,27+/m0/s1. The van der Waals surface area contributed by atoms with Crippen LogP contribution in [-0.4, -0.2) is 35.1 Å². The van der Waals surface area contributed by atoms with Crippen molar-refractivity contribution in [3.8, 4) is 5.75 Å². The minimum absolute atomic E-state index is 0.00194. The molecule has 7 nitrogen and oxygen atoms in total. The molecule has 2 heterocycles. The fraction of sp³-hybridized carbons (Fsp3) is 0.481. The number of carbonyl (C=O) groups is 1. The van der Waals surface area contributed by atoms with Crippen LogP contribution in [0.2, 0.25) is 0 Å². The zero-order valence-corrected chi connectivity index (χ0v) is 20.2. The quantitative estimate of drug-likeness (QED) is 0.172. The molecule has 0 aromatic heterocycles. The van der Waals surface area contributed by atoms with E-state index in [1.54, 1.807) is 18.2 Å². The number of rotatable bonds is 8. The number of ether oxygens (including phenoxy) is 1. The van der Waals surface area contributed by atoms with Crippen LogP contribution in [0.5, 0.6) is 5.75 Å². The second kappa shape index (κ2) is 10.5. The molecule has 2 aliphatic rings. The molecule has 0 spiro atoms.